The van der Waals surface area contributed by atoms with E-state index in [0.717, 1.165) is 12.5 Å². The quantitative estimate of drug-likeness (QED) is 0.851. The molecule has 0 bridgehead atoms. The molecule has 0 unspecified atom stereocenters. The number of hydrogen-bond donors (Lipinski definition) is 1. The first-order valence-electron chi connectivity index (χ1n) is 7.54. The van der Waals surface area contributed by atoms with E-state index in [0.29, 0.717) is 11.9 Å². The third-order valence-corrected chi connectivity index (χ3v) is 4.15. The molecule has 1 heterocycles. The minimum absolute atomic E-state index is 0.684. The molecule has 1 fully saturated rings. The summed E-state index contributed by atoms with van der Waals surface area (Å²) in [5, 5.41) is 3.66. The molecule has 1 aromatic rings. The maximum Gasteiger partial charge on any atom is 0.212 e. The van der Waals surface area contributed by atoms with Gasteiger partial charge in [-0.3, -0.25) is 0 Å². The fraction of sp³-hybridized carbons (Fsp3) is 0.688. The third kappa shape index (κ3) is 4.50. The molecule has 1 aliphatic rings. The van der Waals surface area contributed by atoms with Gasteiger partial charge < -0.3 is 10.1 Å². The van der Waals surface area contributed by atoms with Gasteiger partial charge in [-0.15, -0.1) is 0 Å². The maximum absolute atomic E-state index is 5.07. The van der Waals surface area contributed by atoms with E-state index in [4.69, 9.17) is 4.74 Å². The van der Waals surface area contributed by atoms with Gasteiger partial charge in [-0.2, -0.15) is 0 Å². The van der Waals surface area contributed by atoms with Crippen molar-refractivity contribution >= 4 is 0 Å². The van der Waals surface area contributed by atoms with Gasteiger partial charge in [0.2, 0.25) is 5.88 Å². The Labute approximate surface area is 116 Å². The van der Waals surface area contributed by atoms with Gasteiger partial charge in [0.05, 0.1) is 7.11 Å². The van der Waals surface area contributed by atoms with Crippen molar-refractivity contribution in [2.75, 3.05) is 7.11 Å². The van der Waals surface area contributed by atoms with Crippen molar-refractivity contribution in [2.45, 2.75) is 58.0 Å². The van der Waals surface area contributed by atoms with Crippen LogP contribution in [0.4, 0.5) is 0 Å². The minimum atomic E-state index is 0.684. The largest absolute Gasteiger partial charge is 0.481 e. The van der Waals surface area contributed by atoms with Crippen molar-refractivity contribution in [1.82, 2.24) is 10.3 Å². The lowest BCUT2D eigenvalue weighted by atomic mass is 9.83. The van der Waals surface area contributed by atoms with Crippen molar-refractivity contribution in [3.63, 3.8) is 0 Å². The Balaban J connectivity index is 1.71. The highest BCUT2D eigenvalue weighted by Gasteiger charge is 2.19. The molecule has 3 heteroatoms. The molecule has 3 nitrogen and oxygen atoms in total. The smallest absolute Gasteiger partial charge is 0.212 e. The van der Waals surface area contributed by atoms with Gasteiger partial charge >= 0.3 is 0 Å². The minimum Gasteiger partial charge on any atom is -0.481 e. The predicted molar refractivity (Wildman–Crippen MR) is 78.3 cm³/mol. The van der Waals surface area contributed by atoms with Crippen LogP contribution in [0.5, 0.6) is 5.88 Å². The molecular formula is C16H26N2O. The molecule has 0 amide bonds. The van der Waals surface area contributed by atoms with E-state index in [2.05, 4.69) is 23.3 Å². The summed E-state index contributed by atoms with van der Waals surface area (Å²) in [6.45, 7) is 3.21. The summed E-state index contributed by atoms with van der Waals surface area (Å²) in [5.41, 5.74) is 1.23. The van der Waals surface area contributed by atoms with Gasteiger partial charge in [-0.05, 0) is 37.2 Å². The van der Waals surface area contributed by atoms with Crippen LogP contribution in [-0.2, 0) is 6.54 Å². The average Bonchev–Trinajstić information content (AvgIpc) is 2.47. The highest BCUT2D eigenvalue weighted by atomic mass is 16.5. The number of rotatable bonds is 6. The number of ether oxygens (including phenoxy) is 1. The summed E-state index contributed by atoms with van der Waals surface area (Å²) in [6, 6.07) is 4.70. The van der Waals surface area contributed by atoms with Crippen LogP contribution in [0.25, 0.3) is 0 Å². The summed E-state index contributed by atoms with van der Waals surface area (Å²) in [5.74, 6) is 1.66. The topological polar surface area (TPSA) is 34.1 Å². The molecule has 0 aliphatic heterocycles. The molecule has 1 saturated carbocycles. The fourth-order valence-electron chi connectivity index (χ4n) is 2.96. The summed E-state index contributed by atoms with van der Waals surface area (Å²) in [7, 11) is 1.65. The van der Waals surface area contributed by atoms with E-state index in [1.807, 2.05) is 12.3 Å². The van der Waals surface area contributed by atoms with Crippen LogP contribution in [-0.4, -0.2) is 18.1 Å². The van der Waals surface area contributed by atoms with E-state index in [1.54, 1.807) is 7.11 Å². The van der Waals surface area contributed by atoms with Crippen molar-refractivity contribution < 1.29 is 4.74 Å². The second kappa shape index (κ2) is 7.49. The Bertz CT molecular complexity index is 356. The van der Waals surface area contributed by atoms with Gasteiger partial charge in [0.1, 0.15) is 0 Å². The molecule has 0 radical (unpaired) electrons. The summed E-state index contributed by atoms with van der Waals surface area (Å²) >= 11 is 0. The molecule has 1 aromatic heterocycles. The normalized spacial score (nSPS) is 23.3. The SMILES string of the molecule is CCCC1CCC(NCc2ccc(OC)nc2)CC1. The average molecular weight is 262 g/mol. The summed E-state index contributed by atoms with van der Waals surface area (Å²) in [6.07, 6.45) is 10.1. The van der Waals surface area contributed by atoms with Gasteiger partial charge in [-0.1, -0.05) is 25.8 Å². The van der Waals surface area contributed by atoms with Crippen molar-refractivity contribution in [3.8, 4) is 5.88 Å². The zero-order valence-electron chi connectivity index (χ0n) is 12.2. The monoisotopic (exact) mass is 262 g/mol. The molecule has 1 aliphatic carbocycles. The number of methoxy groups -OCH3 is 1. The molecule has 2 rings (SSSR count). The number of nitrogens with zero attached hydrogens (tertiary/aromatic N) is 1. The number of nitrogens with one attached hydrogen (secondary N) is 1. The first-order valence-corrected chi connectivity index (χ1v) is 7.54. The van der Waals surface area contributed by atoms with E-state index >= 15 is 0 Å². The van der Waals surface area contributed by atoms with Gasteiger partial charge in [0.25, 0.3) is 0 Å². The molecule has 0 aromatic carbocycles. The second-order valence-electron chi connectivity index (χ2n) is 5.60. The van der Waals surface area contributed by atoms with Gasteiger partial charge in [0, 0.05) is 24.8 Å². The van der Waals surface area contributed by atoms with Crippen molar-refractivity contribution in [3.05, 3.63) is 23.9 Å². The fourth-order valence-corrected chi connectivity index (χ4v) is 2.96. The Morgan fingerprint density at radius 1 is 1.26 bits per heavy atom. The third-order valence-electron chi connectivity index (χ3n) is 4.15. The summed E-state index contributed by atoms with van der Waals surface area (Å²) < 4.78 is 5.07. The lowest BCUT2D eigenvalue weighted by Crippen LogP contribution is -2.32. The second-order valence-corrected chi connectivity index (χ2v) is 5.60. The van der Waals surface area contributed by atoms with Crippen molar-refractivity contribution in [1.29, 1.82) is 0 Å². The standard InChI is InChI=1S/C16H26N2O/c1-3-4-13-5-8-15(9-6-13)17-11-14-7-10-16(19-2)18-12-14/h7,10,12-13,15,17H,3-6,8-9,11H2,1-2H3. The number of aromatic nitrogens is 1. The van der Waals surface area contributed by atoms with Crippen LogP contribution >= 0.6 is 0 Å². The Kier molecular flexibility index (Phi) is 5.64. The van der Waals surface area contributed by atoms with Crippen LogP contribution in [0, 0.1) is 5.92 Å². The van der Waals surface area contributed by atoms with E-state index in [1.165, 1.54) is 44.1 Å². The maximum atomic E-state index is 5.07. The van der Waals surface area contributed by atoms with Crippen molar-refractivity contribution in [2.24, 2.45) is 5.92 Å². The molecule has 0 saturated heterocycles. The zero-order valence-corrected chi connectivity index (χ0v) is 12.2. The molecule has 0 atom stereocenters. The zero-order chi connectivity index (χ0) is 13.5. The van der Waals surface area contributed by atoms with E-state index < -0.39 is 0 Å². The summed E-state index contributed by atoms with van der Waals surface area (Å²) in [4.78, 5) is 4.24. The van der Waals surface area contributed by atoms with Crippen LogP contribution in [0.3, 0.4) is 0 Å². The number of pyridine rings is 1. The first-order chi connectivity index (χ1) is 9.31. The van der Waals surface area contributed by atoms with Crippen LogP contribution < -0.4 is 10.1 Å². The molecule has 0 spiro atoms. The molecule has 106 valence electrons. The Morgan fingerprint density at radius 3 is 2.63 bits per heavy atom. The number of hydrogen-bond acceptors (Lipinski definition) is 3. The Morgan fingerprint density at radius 2 is 2.05 bits per heavy atom. The molecule has 19 heavy (non-hydrogen) atoms. The lowest BCUT2D eigenvalue weighted by molar-refractivity contribution is 0.277. The van der Waals surface area contributed by atoms with Crippen LogP contribution in [0.15, 0.2) is 18.3 Å². The lowest BCUT2D eigenvalue weighted by Gasteiger charge is -2.29. The predicted octanol–water partition coefficient (Wildman–Crippen LogP) is 3.54. The Hall–Kier alpha value is -1.09. The van der Waals surface area contributed by atoms with Gasteiger partial charge in [0.15, 0.2) is 0 Å². The highest BCUT2D eigenvalue weighted by Crippen LogP contribution is 2.27. The van der Waals surface area contributed by atoms with E-state index in [-0.39, 0.29) is 0 Å². The first kappa shape index (κ1) is 14.3. The van der Waals surface area contributed by atoms with Gasteiger partial charge in [-0.25, -0.2) is 4.98 Å². The van der Waals surface area contributed by atoms with Crippen LogP contribution in [0.2, 0.25) is 0 Å². The highest BCUT2D eigenvalue weighted by molar-refractivity contribution is 5.17. The van der Waals surface area contributed by atoms with Crippen LogP contribution in [0.1, 0.15) is 51.0 Å². The molecule has 1 N–H and O–H groups in total. The van der Waals surface area contributed by atoms with E-state index in [9.17, 15) is 0 Å². The molecular weight excluding hydrogens is 236 g/mol.